The summed E-state index contributed by atoms with van der Waals surface area (Å²) in [6.45, 7) is 10.6. The number of hydrogen-bond donors (Lipinski definition) is 1. The monoisotopic (exact) mass is 622 g/mol. The van der Waals surface area contributed by atoms with Crippen molar-refractivity contribution in [2.45, 2.75) is 53.5 Å². The molecule has 2 aromatic carbocycles. The largest absolute Gasteiger partial charge is 0.507 e. The first-order valence-corrected chi connectivity index (χ1v) is 15.4. The number of nitrogens with zero attached hydrogens (tertiary/aromatic N) is 2. The molecule has 1 N–H and O–H groups in total. The molecule has 11 heteroatoms. The lowest BCUT2D eigenvalue weighted by molar-refractivity contribution is -0.132. The van der Waals surface area contributed by atoms with E-state index in [9.17, 15) is 19.5 Å². The molecule has 1 amide bonds. The smallest absolute Gasteiger partial charge is 0.350 e. The fraction of sp³-hybridized carbons (Fsp3) is 0.394. The number of anilines is 1. The van der Waals surface area contributed by atoms with Crippen molar-refractivity contribution < 1.29 is 38.4 Å². The number of aliphatic hydroxyl groups excluding tert-OH is 1. The van der Waals surface area contributed by atoms with Crippen molar-refractivity contribution in [3.05, 3.63) is 69.7 Å². The van der Waals surface area contributed by atoms with Crippen LogP contribution in [0, 0.1) is 12.8 Å². The number of unbranched alkanes of at least 4 members (excludes halogenated alkanes) is 1. The van der Waals surface area contributed by atoms with Crippen LogP contribution in [0.15, 0.2) is 48.0 Å². The third-order valence-electron chi connectivity index (χ3n) is 6.87. The number of aliphatic hydroxyl groups is 1. The van der Waals surface area contributed by atoms with E-state index in [1.54, 1.807) is 49.4 Å². The maximum absolute atomic E-state index is 13.7. The number of methoxy groups -OCH3 is 1. The fourth-order valence-corrected chi connectivity index (χ4v) is 5.64. The molecule has 1 fully saturated rings. The van der Waals surface area contributed by atoms with Gasteiger partial charge in [0.25, 0.3) is 5.78 Å². The molecule has 1 atom stereocenters. The Kier molecular flexibility index (Phi) is 10.6. The lowest BCUT2D eigenvalue weighted by Gasteiger charge is -2.24. The van der Waals surface area contributed by atoms with E-state index in [1.807, 2.05) is 20.8 Å². The minimum Gasteiger partial charge on any atom is -0.507 e. The van der Waals surface area contributed by atoms with Crippen molar-refractivity contribution in [1.82, 2.24) is 4.98 Å². The van der Waals surface area contributed by atoms with Gasteiger partial charge in [0.05, 0.1) is 44.2 Å². The average Bonchev–Trinajstić information content (AvgIpc) is 3.52. The Hall–Kier alpha value is -4.38. The fourth-order valence-electron chi connectivity index (χ4n) is 4.66. The summed E-state index contributed by atoms with van der Waals surface area (Å²) in [5, 5.41) is 11.7. The van der Waals surface area contributed by atoms with Gasteiger partial charge >= 0.3 is 11.9 Å². The van der Waals surface area contributed by atoms with Crippen LogP contribution in [-0.4, -0.2) is 54.7 Å². The van der Waals surface area contributed by atoms with Crippen molar-refractivity contribution in [2.24, 2.45) is 5.92 Å². The Morgan fingerprint density at radius 3 is 2.43 bits per heavy atom. The maximum Gasteiger partial charge on any atom is 0.350 e. The molecule has 10 nitrogen and oxygen atoms in total. The van der Waals surface area contributed by atoms with Gasteiger partial charge in [0, 0.05) is 5.56 Å². The third kappa shape index (κ3) is 6.88. The number of esters is 1. The van der Waals surface area contributed by atoms with E-state index in [4.69, 9.17) is 18.9 Å². The molecule has 4 rings (SSSR count). The van der Waals surface area contributed by atoms with Gasteiger partial charge in [-0.3, -0.25) is 14.5 Å². The van der Waals surface area contributed by atoms with Crippen LogP contribution in [0.3, 0.4) is 0 Å². The van der Waals surface area contributed by atoms with Crippen molar-refractivity contribution in [3.63, 3.8) is 0 Å². The Labute approximate surface area is 261 Å². The molecule has 1 saturated heterocycles. The predicted octanol–water partition coefficient (Wildman–Crippen LogP) is 6.48. The Morgan fingerprint density at radius 1 is 1.07 bits per heavy atom. The Morgan fingerprint density at radius 2 is 1.80 bits per heavy atom. The van der Waals surface area contributed by atoms with E-state index < -0.39 is 23.7 Å². The predicted molar refractivity (Wildman–Crippen MR) is 168 cm³/mol. The van der Waals surface area contributed by atoms with Gasteiger partial charge in [-0.05, 0) is 68.1 Å². The van der Waals surface area contributed by atoms with Crippen molar-refractivity contribution >= 4 is 39.9 Å². The second kappa shape index (κ2) is 14.4. The highest BCUT2D eigenvalue weighted by Crippen LogP contribution is 2.45. The molecule has 1 aliphatic heterocycles. The normalized spacial score (nSPS) is 16.0. The molecule has 234 valence electrons. The van der Waals surface area contributed by atoms with Gasteiger partial charge in [-0.15, -0.1) is 0 Å². The van der Waals surface area contributed by atoms with Gasteiger partial charge in [0.2, 0.25) is 0 Å². The number of carbonyl (C=O) groups is 3. The third-order valence-corrected chi connectivity index (χ3v) is 8.00. The summed E-state index contributed by atoms with van der Waals surface area (Å²) in [4.78, 5) is 46.1. The van der Waals surface area contributed by atoms with Gasteiger partial charge in [-0.25, -0.2) is 9.78 Å². The van der Waals surface area contributed by atoms with Gasteiger partial charge < -0.3 is 24.1 Å². The first kappa shape index (κ1) is 32.5. The molecule has 0 radical (unpaired) electrons. The van der Waals surface area contributed by atoms with Crippen LogP contribution >= 0.6 is 11.3 Å². The molecule has 0 saturated carbocycles. The number of benzene rings is 2. The highest BCUT2D eigenvalue weighted by Gasteiger charge is 2.48. The first-order valence-electron chi connectivity index (χ1n) is 14.6. The number of carbonyl (C=O) groups excluding carboxylic acids is 3. The number of hydrogen-bond acceptors (Lipinski definition) is 10. The molecular formula is C33H38N2O8S. The molecule has 1 aliphatic rings. The maximum atomic E-state index is 13.7. The van der Waals surface area contributed by atoms with E-state index in [2.05, 4.69) is 11.9 Å². The average molecular weight is 623 g/mol. The van der Waals surface area contributed by atoms with Crippen molar-refractivity contribution in [2.75, 3.05) is 31.8 Å². The van der Waals surface area contributed by atoms with E-state index in [0.717, 1.165) is 24.2 Å². The van der Waals surface area contributed by atoms with Crippen LogP contribution < -0.4 is 19.1 Å². The SMILES string of the molecule is CCCCOc1ccc(/C(O)=C2/C(=O)C(=O)N(c3nc(C)c(C(=O)OCC(C)C)s3)C2c2ccc(OCC)c(OC)c2)cc1. The summed E-state index contributed by atoms with van der Waals surface area (Å²) in [6.07, 6.45) is 1.90. The minimum atomic E-state index is -1.08. The number of ether oxygens (including phenoxy) is 4. The number of aryl methyl sites for hydroxylation is 1. The van der Waals surface area contributed by atoms with Crippen LogP contribution in [0.1, 0.15) is 73.1 Å². The van der Waals surface area contributed by atoms with Gasteiger partial charge in [-0.2, -0.15) is 0 Å². The second-order valence-corrected chi connectivity index (χ2v) is 11.6. The highest BCUT2D eigenvalue weighted by molar-refractivity contribution is 7.17. The standard InChI is InChI=1S/C33H38N2O8S/c1-7-9-16-42-23-13-10-21(11-14-23)28(36)26-27(22-12-15-24(41-8-2)25(17-22)40-6)35(31(38)29(26)37)33-34-20(5)30(44-33)32(39)43-18-19(3)4/h10-15,17,19,27,36H,7-9,16,18H2,1-6H3/b28-26-. The van der Waals surface area contributed by atoms with E-state index in [-0.39, 0.29) is 33.9 Å². The molecule has 0 spiro atoms. The van der Waals surface area contributed by atoms with Crippen LogP contribution in [-0.2, 0) is 14.3 Å². The second-order valence-electron chi connectivity index (χ2n) is 10.6. The summed E-state index contributed by atoms with van der Waals surface area (Å²) in [7, 11) is 1.49. The molecule has 0 aliphatic carbocycles. The number of thiazole rings is 1. The molecule has 3 aromatic rings. The number of amides is 1. The Balaban J connectivity index is 1.83. The molecular weight excluding hydrogens is 584 g/mol. The minimum absolute atomic E-state index is 0.123. The van der Waals surface area contributed by atoms with Crippen molar-refractivity contribution in [3.8, 4) is 17.2 Å². The topological polar surface area (TPSA) is 124 Å². The summed E-state index contributed by atoms with van der Waals surface area (Å²) in [6, 6.07) is 10.6. The zero-order valence-corrected chi connectivity index (χ0v) is 26.7. The summed E-state index contributed by atoms with van der Waals surface area (Å²) in [5.41, 5.74) is 1.05. The Bertz CT molecular complexity index is 1540. The highest BCUT2D eigenvalue weighted by atomic mass is 32.1. The zero-order valence-electron chi connectivity index (χ0n) is 25.8. The van der Waals surface area contributed by atoms with Gasteiger partial charge in [0.15, 0.2) is 16.6 Å². The number of ketones is 1. The van der Waals surface area contributed by atoms with Crippen LogP contribution in [0.2, 0.25) is 0 Å². The van der Waals surface area contributed by atoms with Crippen LogP contribution in [0.5, 0.6) is 17.2 Å². The van der Waals surface area contributed by atoms with E-state index in [0.29, 0.717) is 47.3 Å². The number of Topliss-reactive ketones (excluding diaryl/α,β-unsaturated/α-hetero) is 1. The van der Waals surface area contributed by atoms with Gasteiger partial charge in [-0.1, -0.05) is 44.6 Å². The van der Waals surface area contributed by atoms with E-state index >= 15 is 0 Å². The molecule has 44 heavy (non-hydrogen) atoms. The molecule has 0 bridgehead atoms. The molecule has 2 heterocycles. The zero-order chi connectivity index (χ0) is 32.0. The lowest BCUT2D eigenvalue weighted by atomic mass is 9.95. The summed E-state index contributed by atoms with van der Waals surface area (Å²) < 4.78 is 22.3. The van der Waals surface area contributed by atoms with Crippen molar-refractivity contribution in [1.29, 1.82) is 0 Å². The first-order chi connectivity index (χ1) is 21.1. The lowest BCUT2D eigenvalue weighted by Crippen LogP contribution is -2.29. The quantitative estimate of drug-likeness (QED) is 0.0750. The summed E-state index contributed by atoms with van der Waals surface area (Å²) in [5.74, 6) is -1.06. The van der Waals surface area contributed by atoms with Crippen LogP contribution in [0.25, 0.3) is 5.76 Å². The summed E-state index contributed by atoms with van der Waals surface area (Å²) >= 11 is 0.953. The molecule has 1 unspecified atom stereocenters. The number of rotatable bonds is 13. The van der Waals surface area contributed by atoms with Gasteiger partial charge in [0.1, 0.15) is 16.4 Å². The molecule has 1 aromatic heterocycles. The van der Waals surface area contributed by atoms with E-state index in [1.165, 1.54) is 12.0 Å². The van der Waals surface area contributed by atoms with Crippen LogP contribution in [0.4, 0.5) is 5.13 Å². The number of aromatic nitrogens is 1.